The van der Waals surface area contributed by atoms with Gasteiger partial charge in [0, 0.05) is 17.9 Å². The molecule has 1 aromatic heterocycles. The summed E-state index contributed by atoms with van der Waals surface area (Å²) >= 11 is 0. The third-order valence-electron chi connectivity index (χ3n) is 3.14. The summed E-state index contributed by atoms with van der Waals surface area (Å²) in [7, 11) is 0. The summed E-state index contributed by atoms with van der Waals surface area (Å²) < 4.78 is 0. The second kappa shape index (κ2) is 4.00. The van der Waals surface area contributed by atoms with Gasteiger partial charge in [-0.05, 0) is 17.7 Å². The number of carbonyl (C=O) groups is 1. The van der Waals surface area contributed by atoms with Crippen molar-refractivity contribution in [2.24, 2.45) is 0 Å². The molecule has 5 nitrogen and oxygen atoms in total. The minimum absolute atomic E-state index is 0.000225. The molecule has 0 spiro atoms. The molecule has 5 heteroatoms. The lowest BCUT2D eigenvalue weighted by Crippen LogP contribution is -2.22. The molecule has 1 atom stereocenters. The number of rotatable bonds is 1. The molecule has 1 aliphatic heterocycles. The zero-order valence-corrected chi connectivity index (χ0v) is 9.47. The van der Waals surface area contributed by atoms with E-state index >= 15 is 0 Å². The molecule has 88 valence electrons. The highest BCUT2D eigenvalue weighted by Crippen LogP contribution is 2.35. The van der Waals surface area contributed by atoms with Crippen LogP contribution in [0.3, 0.4) is 0 Å². The Balaban J connectivity index is 2.02. The van der Waals surface area contributed by atoms with Gasteiger partial charge in [0.05, 0.1) is 17.8 Å². The first-order chi connectivity index (χ1) is 8.78. The smallest absolute Gasteiger partial charge is 0.226 e. The van der Waals surface area contributed by atoms with E-state index in [1.54, 1.807) is 18.3 Å². The third kappa shape index (κ3) is 1.64. The fourth-order valence-corrected chi connectivity index (χ4v) is 2.23. The molecular weight excluding hydrogens is 228 g/mol. The Hall–Kier alpha value is -2.61. The first-order valence-electron chi connectivity index (χ1n) is 5.61. The van der Waals surface area contributed by atoms with Gasteiger partial charge in [0.2, 0.25) is 5.91 Å². The highest BCUT2D eigenvalue weighted by atomic mass is 16.1. The number of aromatic amines is 1. The normalized spacial score (nSPS) is 17.7. The number of nitriles is 1. The van der Waals surface area contributed by atoms with Crippen molar-refractivity contribution in [2.45, 2.75) is 12.3 Å². The molecule has 0 bridgehead atoms. The number of hydrogen-bond donors (Lipinski definition) is 2. The van der Waals surface area contributed by atoms with E-state index in [0.29, 0.717) is 17.8 Å². The fraction of sp³-hybridized carbons (Fsp3) is 0.154. The lowest BCUT2D eigenvalue weighted by molar-refractivity contribution is -0.116. The number of aromatic nitrogens is 2. The second-order valence-electron chi connectivity index (χ2n) is 4.24. The molecule has 18 heavy (non-hydrogen) atoms. The van der Waals surface area contributed by atoms with E-state index in [-0.39, 0.29) is 11.8 Å². The Morgan fingerprint density at radius 1 is 1.33 bits per heavy atom. The summed E-state index contributed by atoms with van der Waals surface area (Å²) in [5, 5.41) is 18.3. The quantitative estimate of drug-likeness (QED) is 0.794. The van der Waals surface area contributed by atoms with Crippen LogP contribution in [0.5, 0.6) is 0 Å². The summed E-state index contributed by atoms with van der Waals surface area (Å²) in [4.78, 5) is 11.6. The first-order valence-corrected chi connectivity index (χ1v) is 5.61. The number of benzene rings is 1. The summed E-state index contributed by atoms with van der Waals surface area (Å²) in [5.41, 5.74) is 2.62. The molecule has 0 radical (unpaired) electrons. The van der Waals surface area contributed by atoms with Crippen LogP contribution in [0, 0.1) is 11.3 Å². The number of hydrogen-bond acceptors (Lipinski definition) is 3. The highest BCUT2D eigenvalue weighted by Gasteiger charge is 2.27. The topological polar surface area (TPSA) is 81.6 Å². The van der Waals surface area contributed by atoms with Crippen molar-refractivity contribution in [3.05, 3.63) is 47.2 Å². The molecule has 1 aliphatic rings. The Morgan fingerprint density at radius 2 is 2.11 bits per heavy atom. The molecule has 0 fully saturated rings. The first kappa shape index (κ1) is 10.5. The van der Waals surface area contributed by atoms with Crippen LogP contribution in [-0.2, 0) is 4.79 Å². The van der Waals surface area contributed by atoms with Crippen LogP contribution in [0.15, 0.2) is 30.5 Å². The maximum atomic E-state index is 11.6. The fourth-order valence-electron chi connectivity index (χ4n) is 2.23. The monoisotopic (exact) mass is 238 g/mol. The van der Waals surface area contributed by atoms with Crippen molar-refractivity contribution >= 4 is 11.7 Å². The minimum atomic E-state index is -0.0268. The van der Waals surface area contributed by atoms with Gasteiger partial charge in [0.1, 0.15) is 5.82 Å². The van der Waals surface area contributed by atoms with E-state index in [0.717, 1.165) is 11.1 Å². The van der Waals surface area contributed by atoms with Crippen molar-refractivity contribution < 1.29 is 4.79 Å². The van der Waals surface area contributed by atoms with Crippen LogP contribution in [0.2, 0.25) is 0 Å². The van der Waals surface area contributed by atoms with Crippen LogP contribution in [0.1, 0.15) is 29.0 Å². The second-order valence-corrected chi connectivity index (χ2v) is 4.24. The number of fused-ring (bicyclic) bond motifs is 1. The van der Waals surface area contributed by atoms with Gasteiger partial charge >= 0.3 is 0 Å². The molecule has 2 heterocycles. The lowest BCUT2D eigenvalue weighted by atomic mass is 9.87. The molecular formula is C13H10N4O. The Bertz CT molecular complexity index is 636. The third-order valence-corrected chi connectivity index (χ3v) is 3.14. The maximum Gasteiger partial charge on any atom is 0.226 e. The largest absolute Gasteiger partial charge is 0.311 e. The minimum Gasteiger partial charge on any atom is -0.311 e. The van der Waals surface area contributed by atoms with Crippen molar-refractivity contribution in [2.75, 3.05) is 5.32 Å². The standard InChI is InChI=1S/C13H10N4O/c14-6-8-1-3-9(4-2-8)10-5-12(18)16-13-11(10)7-15-17-13/h1-4,7,10H,5H2,(H2,15,16,17,18)/t10-/m1/s1. The molecule has 0 unspecified atom stereocenters. The Labute approximate surface area is 103 Å². The van der Waals surface area contributed by atoms with E-state index in [4.69, 9.17) is 5.26 Å². The molecule has 1 aromatic carbocycles. The SMILES string of the molecule is N#Cc1ccc([C@H]2CC(=O)Nc3[nH]ncc32)cc1. The predicted octanol–water partition coefficient (Wildman–Crippen LogP) is 1.76. The van der Waals surface area contributed by atoms with Gasteiger partial charge in [-0.3, -0.25) is 9.89 Å². The molecule has 2 N–H and O–H groups in total. The highest BCUT2D eigenvalue weighted by molar-refractivity contribution is 5.94. The average Bonchev–Trinajstić information content (AvgIpc) is 2.86. The summed E-state index contributed by atoms with van der Waals surface area (Å²) in [6, 6.07) is 9.39. The van der Waals surface area contributed by atoms with E-state index in [1.165, 1.54) is 0 Å². The van der Waals surface area contributed by atoms with Crippen molar-refractivity contribution in [3.63, 3.8) is 0 Å². The zero-order valence-electron chi connectivity index (χ0n) is 9.47. The van der Waals surface area contributed by atoms with Crippen molar-refractivity contribution in [3.8, 4) is 6.07 Å². The van der Waals surface area contributed by atoms with Crippen LogP contribution < -0.4 is 5.32 Å². The molecule has 3 rings (SSSR count). The van der Waals surface area contributed by atoms with Crippen LogP contribution in [-0.4, -0.2) is 16.1 Å². The zero-order chi connectivity index (χ0) is 12.5. The van der Waals surface area contributed by atoms with Crippen LogP contribution >= 0.6 is 0 Å². The van der Waals surface area contributed by atoms with E-state index in [1.807, 2.05) is 12.1 Å². The van der Waals surface area contributed by atoms with E-state index < -0.39 is 0 Å². The summed E-state index contributed by atoms with van der Waals surface area (Å²) in [6.45, 7) is 0. The van der Waals surface area contributed by atoms with E-state index in [9.17, 15) is 4.79 Å². The van der Waals surface area contributed by atoms with Gasteiger partial charge in [-0.1, -0.05) is 12.1 Å². The van der Waals surface area contributed by atoms with Crippen LogP contribution in [0.25, 0.3) is 0 Å². The number of nitrogens with one attached hydrogen (secondary N) is 2. The number of carbonyl (C=O) groups excluding carboxylic acids is 1. The average molecular weight is 238 g/mol. The molecule has 0 aliphatic carbocycles. The van der Waals surface area contributed by atoms with E-state index in [2.05, 4.69) is 21.6 Å². The molecule has 0 saturated carbocycles. The van der Waals surface area contributed by atoms with Crippen molar-refractivity contribution in [1.29, 1.82) is 5.26 Å². The molecule has 1 amide bonds. The summed E-state index contributed by atoms with van der Waals surface area (Å²) in [6.07, 6.45) is 2.13. The van der Waals surface area contributed by atoms with Gasteiger partial charge < -0.3 is 5.32 Å². The Kier molecular flexibility index (Phi) is 2.34. The number of nitrogens with zero attached hydrogens (tertiary/aromatic N) is 2. The van der Waals surface area contributed by atoms with Gasteiger partial charge in [0.15, 0.2) is 0 Å². The van der Waals surface area contributed by atoms with Gasteiger partial charge in [-0.2, -0.15) is 10.4 Å². The molecule has 2 aromatic rings. The molecule has 0 saturated heterocycles. The number of amides is 1. The Morgan fingerprint density at radius 3 is 2.83 bits per heavy atom. The number of H-pyrrole nitrogens is 1. The van der Waals surface area contributed by atoms with Gasteiger partial charge in [0.25, 0.3) is 0 Å². The van der Waals surface area contributed by atoms with Crippen molar-refractivity contribution in [1.82, 2.24) is 10.2 Å². The predicted molar refractivity (Wildman–Crippen MR) is 64.8 cm³/mol. The van der Waals surface area contributed by atoms with Gasteiger partial charge in [-0.25, -0.2) is 0 Å². The summed E-state index contributed by atoms with van der Waals surface area (Å²) in [5.74, 6) is 0.641. The van der Waals surface area contributed by atoms with Gasteiger partial charge in [-0.15, -0.1) is 0 Å². The maximum absolute atomic E-state index is 11.6. The lowest BCUT2D eigenvalue weighted by Gasteiger charge is -2.22. The number of anilines is 1. The van der Waals surface area contributed by atoms with Crippen LogP contribution in [0.4, 0.5) is 5.82 Å².